The molecule has 2 N–H and O–H groups in total. The maximum atomic E-state index is 5.23. The Labute approximate surface area is 70.1 Å². The zero-order valence-electron chi connectivity index (χ0n) is 6.53. The first-order valence-corrected chi connectivity index (χ1v) is 3.70. The van der Waals surface area contributed by atoms with Gasteiger partial charge in [-0.25, -0.2) is 0 Å². The highest BCUT2D eigenvalue weighted by atomic mass is 16.5. The van der Waals surface area contributed by atoms with Crippen LogP contribution >= 0.6 is 0 Å². The van der Waals surface area contributed by atoms with Crippen LogP contribution in [0.5, 0.6) is 0 Å². The molecule has 1 aromatic heterocycles. The zero-order valence-corrected chi connectivity index (χ0v) is 6.53. The van der Waals surface area contributed by atoms with E-state index in [9.17, 15) is 0 Å². The summed E-state index contributed by atoms with van der Waals surface area (Å²) in [5.41, 5.74) is 2.68. The van der Waals surface area contributed by atoms with Gasteiger partial charge in [0.05, 0.1) is 24.6 Å². The van der Waals surface area contributed by atoms with Crippen molar-refractivity contribution in [3.05, 3.63) is 29.6 Å². The Kier molecular flexibility index (Phi) is 1.75. The molecule has 1 aliphatic rings. The molecule has 0 amide bonds. The number of fused-ring (bicyclic) bond motifs is 1. The standard InChI is InChI=1S/C8H9N3O/c9-11-8-5-12-4-7-6(8)2-1-3-10-7/h1-3H,4-5,9H2/b11-8-. The van der Waals surface area contributed by atoms with Gasteiger partial charge in [0.15, 0.2) is 0 Å². The van der Waals surface area contributed by atoms with Crippen LogP contribution in [-0.2, 0) is 11.3 Å². The van der Waals surface area contributed by atoms with Crippen molar-refractivity contribution >= 4 is 5.71 Å². The van der Waals surface area contributed by atoms with Crippen molar-refractivity contribution in [1.82, 2.24) is 4.98 Å². The molecular formula is C8H9N3O. The van der Waals surface area contributed by atoms with Gasteiger partial charge in [-0.3, -0.25) is 4.98 Å². The Morgan fingerprint density at radius 1 is 1.50 bits per heavy atom. The first kappa shape index (κ1) is 7.24. The summed E-state index contributed by atoms with van der Waals surface area (Å²) in [6.07, 6.45) is 1.74. The third-order valence-corrected chi connectivity index (χ3v) is 1.83. The van der Waals surface area contributed by atoms with Gasteiger partial charge in [0.25, 0.3) is 0 Å². The lowest BCUT2D eigenvalue weighted by Gasteiger charge is -2.15. The van der Waals surface area contributed by atoms with Crippen LogP contribution in [0.15, 0.2) is 23.4 Å². The Morgan fingerprint density at radius 3 is 3.25 bits per heavy atom. The van der Waals surface area contributed by atoms with Gasteiger partial charge in [0.2, 0.25) is 0 Å². The first-order chi connectivity index (χ1) is 5.92. The second-order valence-electron chi connectivity index (χ2n) is 2.57. The predicted molar refractivity (Wildman–Crippen MR) is 44.6 cm³/mol. The van der Waals surface area contributed by atoms with Gasteiger partial charge in [0, 0.05) is 11.8 Å². The van der Waals surface area contributed by atoms with Crippen molar-refractivity contribution in [1.29, 1.82) is 0 Å². The molecule has 0 radical (unpaired) electrons. The summed E-state index contributed by atoms with van der Waals surface area (Å²) in [5.74, 6) is 5.20. The average molecular weight is 163 g/mol. The molecule has 2 heterocycles. The van der Waals surface area contributed by atoms with Gasteiger partial charge in [0.1, 0.15) is 0 Å². The molecule has 1 aliphatic heterocycles. The molecule has 62 valence electrons. The lowest BCUT2D eigenvalue weighted by Crippen LogP contribution is -2.21. The number of rotatable bonds is 0. The molecule has 1 aromatic rings. The predicted octanol–water partition coefficient (Wildman–Crippen LogP) is 0.275. The van der Waals surface area contributed by atoms with Crippen LogP contribution in [-0.4, -0.2) is 17.3 Å². The van der Waals surface area contributed by atoms with Gasteiger partial charge >= 0.3 is 0 Å². The molecule has 0 atom stereocenters. The number of pyridine rings is 1. The molecule has 0 aromatic carbocycles. The van der Waals surface area contributed by atoms with Crippen molar-refractivity contribution < 1.29 is 4.74 Å². The SMILES string of the molecule is N/N=C1/COCc2ncccc21. The third-order valence-electron chi connectivity index (χ3n) is 1.83. The number of nitrogens with two attached hydrogens (primary N) is 1. The highest BCUT2D eigenvalue weighted by Crippen LogP contribution is 2.13. The van der Waals surface area contributed by atoms with Crippen LogP contribution in [0, 0.1) is 0 Å². The molecule has 0 unspecified atom stereocenters. The summed E-state index contributed by atoms with van der Waals surface area (Å²) in [4.78, 5) is 4.16. The summed E-state index contributed by atoms with van der Waals surface area (Å²) in [6.45, 7) is 1.03. The van der Waals surface area contributed by atoms with E-state index in [0.29, 0.717) is 13.2 Å². The smallest absolute Gasteiger partial charge is 0.0949 e. The molecule has 0 spiro atoms. The molecule has 0 bridgehead atoms. The normalized spacial score (nSPS) is 19.2. The van der Waals surface area contributed by atoms with Crippen LogP contribution in [0.2, 0.25) is 0 Å². The molecule has 0 saturated carbocycles. The summed E-state index contributed by atoms with van der Waals surface area (Å²) >= 11 is 0. The lowest BCUT2D eigenvalue weighted by atomic mass is 10.1. The maximum absolute atomic E-state index is 5.23. The lowest BCUT2D eigenvalue weighted by molar-refractivity contribution is 0.148. The fraction of sp³-hybridized carbons (Fsp3) is 0.250. The highest BCUT2D eigenvalue weighted by Gasteiger charge is 2.15. The van der Waals surface area contributed by atoms with Crippen LogP contribution in [0.1, 0.15) is 11.3 Å². The Balaban J connectivity index is 2.51. The fourth-order valence-corrected chi connectivity index (χ4v) is 1.24. The first-order valence-electron chi connectivity index (χ1n) is 3.70. The highest BCUT2D eigenvalue weighted by molar-refractivity contribution is 6.02. The number of aromatic nitrogens is 1. The zero-order chi connectivity index (χ0) is 8.39. The topological polar surface area (TPSA) is 60.5 Å². The number of hydrazone groups is 1. The average Bonchev–Trinajstić information content (AvgIpc) is 2.17. The van der Waals surface area contributed by atoms with Crippen molar-refractivity contribution in [2.45, 2.75) is 6.61 Å². The van der Waals surface area contributed by atoms with Crippen LogP contribution in [0.3, 0.4) is 0 Å². The molecule has 2 rings (SSSR count). The van der Waals surface area contributed by atoms with Gasteiger partial charge < -0.3 is 10.6 Å². The minimum Gasteiger partial charge on any atom is -0.369 e. The van der Waals surface area contributed by atoms with Gasteiger partial charge in [-0.05, 0) is 12.1 Å². The van der Waals surface area contributed by atoms with Gasteiger partial charge in [-0.2, -0.15) is 5.10 Å². The van der Waals surface area contributed by atoms with Crippen LogP contribution in [0.4, 0.5) is 0 Å². The van der Waals surface area contributed by atoms with Gasteiger partial charge in [-0.1, -0.05) is 0 Å². The van der Waals surface area contributed by atoms with E-state index in [-0.39, 0.29) is 0 Å². The molecule has 0 saturated heterocycles. The minimum atomic E-state index is 0.481. The van der Waals surface area contributed by atoms with Crippen LogP contribution in [0.25, 0.3) is 0 Å². The Morgan fingerprint density at radius 2 is 2.42 bits per heavy atom. The van der Waals surface area contributed by atoms with Crippen molar-refractivity contribution in [2.24, 2.45) is 10.9 Å². The number of hydrogen-bond donors (Lipinski definition) is 1. The molecule has 4 nitrogen and oxygen atoms in total. The molecule has 4 heteroatoms. The largest absolute Gasteiger partial charge is 0.369 e. The maximum Gasteiger partial charge on any atom is 0.0949 e. The number of nitrogens with zero attached hydrogens (tertiary/aromatic N) is 2. The minimum absolute atomic E-state index is 0.481. The van der Waals surface area contributed by atoms with E-state index in [1.54, 1.807) is 6.20 Å². The molecule has 0 fully saturated rings. The monoisotopic (exact) mass is 163 g/mol. The second-order valence-corrected chi connectivity index (χ2v) is 2.57. The van der Waals surface area contributed by atoms with E-state index >= 15 is 0 Å². The number of hydrogen-bond acceptors (Lipinski definition) is 4. The van der Waals surface area contributed by atoms with Gasteiger partial charge in [-0.15, -0.1) is 0 Å². The second kappa shape index (κ2) is 2.91. The van der Waals surface area contributed by atoms with Crippen molar-refractivity contribution in [3.63, 3.8) is 0 Å². The summed E-state index contributed by atoms with van der Waals surface area (Å²) in [6, 6.07) is 3.83. The Bertz CT molecular complexity index is 322. The van der Waals surface area contributed by atoms with Crippen LogP contribution < -0.4 is 5.84 Å². The molecular weight excluding hydrogens is 154 g/mol. The number of ether oxygens (including phenoxy) is 1. The summed E-state index contributed by atoms with van der Waals surface area (Å²) < 4.78 is 5.23. The van der Waals surface area contributed by atoms with E-state index in [2.05, 4.69) is 10.1 Å². The molecule has 12 heavy (non-hydrogen) atoms. The van der Waals surface area contributed by atoms with E-state index in [1.165, 1.54) is 0 Å². The fourth-order valence-electron chi connectivity index (χ4n) is 1.24. The van der Waals surface area contributed by atoms with Crippen molar-refractivity contribution in [2.75, 3.05) is 6.61 Å². The van der Waals surface area contributed by atoms with E-state index in [1.807, 2.05) is 12.1 Å². The van der Waals surface area contributed by atoms with E-state index < -0.39 is 0 Å². The van der Waals surface area contributed by atoms with E-state index in [0.717, 1.165) is 17.0 Å². The van der Waals surface area contributed by atoms with E-state index in [4.69, 9.17) is 10.6 Å². The third kappa shape index (κ3) is 1.06. The summed E-state index contributed by atoms with van der Waals surface area (Å²) in [7, 11) is 0. The Hall–Kier alpha value is -1.42. The molecule has 0 aliphatic carbocycles. The summed E-state index contributed by atoms with van der Waals surface area (Å²) in [5, 5.41) is 3.64. The quantitative estimate of drug-likeness (QED) is 0.441. The van der Waals surface area contributed by atoms with Crippen molar-refractivity contribution in [3.8, 4) is 0 Å².